The molecular weight excluding hydrogens is 296 g/mol. The Morgan fingerprint density at radius 2 is 2.11 bits per heavy atom. The SMILES string of the molecule is CC(C)c1ccn(-c2ccc(Br)cc2C(=O)O)n1. The van der Waals surface area contributed by atoms with Crippen LogP contribution in [0, 0.1) is 0 Å². The maximum absolute atomic E-state index is 11.2. The van der Waals surface area contributed by atoms with E-state index in [1.807, 2.05) is 19.9 Å². The molecule has 2 aromatic rings. The van der Waals surface area contributed by atoms with Crippen LogP contribution in [0.15, 0.2) is 34.9 Å². The van der Waals surface area contributed by atoms with Crippen molar-refractivity contribution in [3.05, 3.63) is 46.2 Å². The average molecular weight is 309 g/mol. The van der Waals surface area contributed by atoms with Gasteiger partial charge >= 0.3 is 5.97 Å². The van der Waals surface area contributed by atoms with Gasteiger partial charge in [0.2, 0.25) is 0 Å². The normalized spacial score (nSPS) is 10.9. The average Bonchev–Trinajstić information content (AvgIpc) is 2.78. The minimum atomic E-state index is -0.965. The molecule has 2 rings (SSSR count). The molecule has 0 aliphatic heterocycles. The number of halogens is 1. The predicted molar refractivity (Wildman–Crippen MR) is 72.3 cm³/mol. The molecule has 0 fully saturated rings. The molecule has 1 heterocycles. The lowest BCUT2D eigenvalue weighted by molar-refractivity contribution is 0.0696. The van der Waals surface area contributed by atoms with E-state index in [-0.39, 0.29) is 5.56 Å². The zero-order valence-electron chi connectivity index (χ0n) is 10.1. The van der Waals surface area contributed by atoms with Gasteiger partial charge in [0.1, 0.15) is 0 Å². The summed E-state index contributed by atoms with van der Waals surface area (Å²) in [5, 5.41) is 13.6. The molecule has 0 aliphatic rings. The van der Waals surface area contributed by atoms with Crippen molar-refractivity contribution in [2.24, 2.45) is 0 Å². The minimum Gasteiger partial charge on any atom is -0.478 e. The fraction of sp³-hybridized carbons (Fsp3) is 0.231. The molecule has 0 radical (unpaired) electrons. The van der Waals surface area contributed by atoms with Crippen molar-refractivity contribution in [3.8, 4) is 5.69 Å². The van der Waals surface area contributed by atoms with Crippen LogP contribution in [0.1, 0.15) is 35.8 Å². The van der Waals surface area contributed by atoms with Crippen LogP contribution < -0.4 is 0 Å². The molecule has 0 aliphatic carbocycles. The number of carboxylic acids is 1. The van der Waals surface area contributed by atoms with Gasteiger partial charge in [-0.3, -0.25) is 0 Å². The number of hydrogen-bond acceptors (Lipinski definition) is 2. The summed E-state index contributed by atoms with van der Waals surface area (Å²) in [6.45, 7) is 4.10. The fourth-order valence-corrected chi connectivity index (χ4v) is 2.02. The third-order valence-electron chi connectivity index (χ3n) is 2.64. The van der Waals surface area contributed by atoms with Crippen molar-refractivity contribution in [2.75, 3.05) is 0 Å². The third-order valence-corrected chi connectivity index (χ3v) is 3.13. The molecule has 0 bridgehead atoms. The van der Waals surface area contributed by atoms with E-state index >= 15 is 0 Å². The highest BCUT2D eigenvalue weighted by Gasteiger charge is 2.13. The van der Waals surface area contributed by atoms with E-state index in [1.54, 1.807) is 29.1 Å². The Balaban J connectivity index is 2.52. The lowest BCUT2D eigenvalue weighted by Crippen LogP contribution is -2.06. The first-order chi connectivity index (χ1) is 8.49. The first-order valence-corrected chi connectivity index (χ1v) is 6.37. The molecule has 0 atom stereocenters. The van der Waals surface area contributed by atoms with Crippen molar-refractivity contribution in [1.29, 1.82) is 0 Å². The lowest BCUT2D eigenvalue weighted by Gasteiger charge is -2.07. The van der Waals surface area contributed by atoms with Gasteiger partial charge in [-0.25, -0.2) is 9.48 Å². The molecule has 5 heteroatoms. The van der Waals surface area contributed by atoms with Crippen molar-refractivity contribution in [2.45, 2.75) is 19.8 Å². The van der Waals surface area contributed by atoms with Crippen LogP contribution in [0.5, 0.6) is 0 Å². The van der Waals surface area contributed by atoms with Crippen LogP contribution in [0.4, 0.5) is 0 Å². The Bertz CT molecular complexity index is 590. The number of aromatic nitrogens is 2. The smallest absolute Gasteiger partial charge is 0.337 e. The second kappa shape index (κ2) is 4.94. The van der Waals surface area contributed by atoms with E-state index < -0.39 is 5.97 Å². The molecule has 1 aromatic carbocycles. The lowest BCUT2D eigenvalue weighted by atomic mass is 10.1. The number of nitrogens with zero attached hydrogens (tertiary/aromatic N) is 2. The summed E-state index contributed by atoms with van der Waals surface area (Å²) in [7, 11) is 0. The maximum atomic E-state index is 11.2. The molecule has 1 N–H and O–H groups in total. The topological polar surface area (TPSA) is 55.1 Å². The number of carbonyl (C=O) groups is 1. The summed E-state index contributed by atoms with van der Waals surface area (Å²) < 4.78 is 2.34. The van der Waals surface area contributed by atoms with Gasteiger partial charge in [0.25, 0.3) is 0 Å². The molecule has 18 heavy (non-hydrogen) atoms. The van der Waals surface area contributed by atoms with Gasteiger partial charge < -0.3 is 5.11 Å². The van der Waals surface area contributed by atoms with Crippen LogP contribution in [0.25, 0.3) is 5.69 Å². The van der Waals surface area contributed by atoms with Gasteiger partial charge in [0.05, 0.1) is 16.9 Å². The van der Waals surface area contributed by atoms with Crippen LogP contribution in [0.3, 0.4) is 0 Å². The van der Waals surface area contributed by atoms with Gasteiger partial charge in [0, 0.05) is 10.7 Å². The molecule has 0 amide bonds. The van der Waals surface area contributed by atoms with Gasteiger partial charge in [0.15, 0.2) is 0 Å². The Hall–Kier alpha value is -1.62. The summed E-state index contributed by atoms with van der Waals surface area (Å²) in [6, 6.07) is 7.02. The second-order valence-electron chi connectivity index (χ2n) is 4.31. The summed E-state index contributed by atoms with van der Waals surface area (Å²) >= 11 is 3.27. The summed E-state index contributed by atoms with van der Waals surface area (Å²) in [5.74, 6) is -0.650. The van der Waals surface area contributed by atoms with Crippen LogP contribution in [-0.4, -0.2) is 20.9 Å². The van der Waals surface area contributed by atoms with Gasteiger partial charge in [-0.2, -0.15) is 5.10 Å². The van der Waals surface area contributed by atoms with Crippen molar-refractivity contribution >= 4 is 21.9 Å². The number of hydrogen-bond donors (Lipinski definition) is 1. The van der Waals surface area contributed by atoms with Crippen molar-refractivity contribution < 1.29 is 9.90 Å². The van der Waals surface area contributed by atoms with E-state index in [4.69, 9.17) is 0 Å². The maximum Gasteiger partial charge on any atom is 0.337 e. The van der Waals surface area contributed by atoms with Gasteiger partial charge in [-0.15, -0.1) is 0 Å². The highest BCUT2D eigenvalue weighted by molar-refractivity contribution is 9.10. The quantitative estimate of drug-likeness (QED) is 0.944. The number of benzene rings is 1. The van der Waals surface area contributed by atoms with Crippen molar-refractivity contribution in [3.63, 3.8) is 0 Å². The zero-order chi connectivity index (χ0) is 13.3. The number of carboxylic acid groups (broad SMARTS) is 1. The Morgan fingerprint density at radius 3 is 2.67 bits per heavy atom. The van der Waals surface area contributed by atoms with Crippen LogP contribution >= 0.6 is 15.9 Å². The molecule has 0 unspecified atom stereocenters. The molecule has 0 saturated heterocycles. The molecule has 1 aromatic heterocycles. The fourth-order valence-electron chi connectivity index (χ4n) is 1.66. The second-order valence-corrected chi connectivity index (χ2v) is 5.22. The van der Waals surface area contributed by atoms with Crippen LogP contribution in [0.2, 0.25) is 0 Å². The third kappa shape index (κ3) is 2.46. The van der Waals surface area contributed by atoms with Crippen molar-refractivity contribution in [1.82, 2.24) is 9.78 Å². The zero-order valence-corrected chi connectivity index (χ0v) is 11.7. The summed E-state index contributed by atoms with van der Waals surface area (Å²) in [6.07, 6.45) is 1.78. The number of rotatable bonds is 3. The summed E-state index contributed by atoms with van der Waals surface area (Å²) in [4.78, 5) is 11.2. The first kappa shape index (κ1) is 12.8. The molecule has 0 spiro atoms. The highest BCUT2D eigenvalue weighted by atomic mass is 79.9. The Kier molecular flexibility index (Phi) is 3.52. The van der Waals surface area contributed by atoms with Gasteiger partial charge in [-0.1, -0.05) is 29.8 Å². The van der Waals surface area contributed by atoms with Gasteiger partial charge in [-0.05, 0) is 30.2 Å². The number of aromatic carboxylic acids is 1. The van der Waals surface area contributed by atoms with E-state index in [0.717, 1.165) is 10.2 Å². The monoisotopic (exact) mass is 308 g/mol. The van der Waals surface area contributed by atoms with E-state index in [0.29, 0.717) is 11.6 Å². The first-order valence-electron chi connectivity index (χ1n) is 5.58. The Labute approximate surface area is 113 Å². The summed E-state index contributed by atoms with van der Waals surface area (Å²) in [5.41, 5.74) is 1.73. The highest BCUT2D eigenvalue weighted by Crippen LogP contribution is 2.21. The molecule has 4 nitrogen and oxygen atoms in total. The Morgan fingerprint density at radius 1 is 1.39 bits per heavy atom. The molecular formula is C13H13BrN2O2. The molecule has 0 saturated carbocycles. The predicted octanol–water partition coefficient (Wildman–Crippen LogP) is 3.46. The molecule has 94 valence electrons. The van der Waals surface area contributed by atoms with E-state index in [2.05, 4.69) is 21.0 Å². The minimum absolute atomic E-state index is 0.225. The van der Waals surface area contributed by atoms with E-state index in [9.17, 15) is 9.90 Å². The van der Waals surface area contributed by atoms with Crippen LogP contribution in [-0.2, 0) is 0 Å². The standard InChI is InChI=1S/C13H13BrN2O2/c1-8(2)11-5-6-16(15-11)12-4-3-9(14)7-10(12)13(17)18/h3-8H,1-2H3,(H,17,18). The van der Waals surface area contributed by atoms with E-state index in [1.165, 1.54) is 0 Å². The largest absolute Gasteiger partial charge is 0.478 e.